The van der Waals surface area contributed by atoms with Crippen LogP contribution in [0.2, 0.25) is 10.0 Å². The van der Waals surface area contributed by atoms with Gasteiger partial charge in [0.1, 0.15) is 18.0 Å². The number of nitrogen functional groups attached to an aromatic ring is 1. The fourth-order valence-electron chi connectivity index (χ4n) is 7.36. The van der Waals surface area contributed by atoms with Gasteiger partial charge in [-0.25, -0.2) is 9.37 Å². The van der Waals surface area contributed by atoms with Crippen molar-refractivity contribution in [1.29, 1.82) is 0 Å². The van der Waals surface area contributed by atoms with E-state index in [9.17, 15) is 18.8 Å². The monoisotopic (exact) mass is 809 g/mol. The van der Waals surface area contributed by atoms with Crippen LogP contribution in [0.25, 0.3) is 11.1 Å². The number of hydrogen-bond donors (Lipinski definition) is 2. The third-order valence-electron chi connectivity index (χ3n) is 10.3. The number of nitrogens with one attached hydrogen (secondary N) is 1. The Labute approximate surface area is 332 Å². The summed E-state index contributed by atoms with van der Waals surface area (Å²) in [5, 5.41) is 7.23. The van der Waals surface area contributed by atoms with Crippen molar-refractivity contribution in [2.24, 2.45) is 0 Å². The van der Waals surface area contributed by atoms with Crippen molar-refractivity contribution in [2.75, 3.05) is 44.3 Å². The molecule has 3 N–H and O–H groups in total. The summed E-state index contributed by atoms with van der Waals surface area (Å²) in [6.07, 6.45) is 8.30. The second kappa shape index (κ2) is 17.3. The van der Waals surface area contributed by atoms with Gasteiger partial charge in [-0.05, 0) is 68.5 Å². The number of likely N-dealkylation sites (tertiary alicyclic amines) is 1. The average molecular weight is 811 g/mol. The highest BCUT2D eigenvalue weighted by molar-refractivity contribution is 7.99. The first-order valence-electron chi connectivity index (χ1n) is 18.4. The van der Waals surface area contributed by atoms with E-state index in [1.54, 1.807) is 41.9 Å². The Morgan fingerprint density at radius 1 is 1.07 bits per heavy atom. The molecule has 2 saturated heterocycles. The third kappa shape index (κ3) is 8.78. The number of anilines is 1. The zero-order valence-electron chi connectivity index (χ0n) is 30.3. The van der Waals surface area contributed by atoms with Crippen LogP contribution in [0, 0.1) is 5.82 Å². The Balaban J connectivity index is 0.824. The molecule has 3 aliphatic rings. The predicted octanol–water partition coefficient (Wildman–Crippen LogP) is 6.71. The molecule has 2 atom stereocenters. The number of halogens is 3. The molecule has 12 nitrogen and oxygen atoms in total. The lowest BCUT2D eigenvalue weighted by molar-refractivity contribution is -0.136. The number of pyridine rings is 1. The van der Waals surface area contributed by atoms with E-state index in [2.05, 4.69) is 20.3 Å². The van der Waals surface area contributed by atoms with E-state index in [1.807, 2.05) is 29.2 Å². The molecule has 3 amide bonds. The van der Waals surface area contributed by atoms with Gasteiger partial charge in [0.05, 0.1) is 23.9 Å². The number of nitrogens with zero attached hydrogens (tertiary/aromatic N) is 5. The van der Waals surface area contributed by atoms with Gasteiger partial charge in [0, 0.05) is 89.5 Å². The number of rotatable bonds is 14. The minimum absolute atomic E-state index is 0.0920. The second-order valence-corrected chi connectivity index (χ2v) is 15.8. The Kier molecular flexibility index (Phi) is 12.3. The van der Waals surface area contributed by atoms with E-state index < -0.39 is 23.9 Å². The molecule has 1 unspecified atom stereocenters. The number of benzene rings is 2. The minimum atomic E-state index is -0.675. The van der Waals surface area contributed by atoms with E-state index >= 15 is 0 Å². The van der Waals surface area contributed by atoms with Gasteiger partial charge in [-0.2, -0.15) is 5.10 Å². The van der Waals surface area contributed by atoms with E-state index in [0.29, 0.717) is 48.1 Å². The SMILES string of the molecule is C[C@@H](Oc1cc(-c2cnn(C3CCN(CCCOCCSc4cccc5c4CN(C4CCC(=O)NC4=O)C5=O)CC3)c2)cnc1N)c1c(Cl)ccc(F)c1Cl. The first-order chi connectivity index (χ1) is 26.6. The molecule has 55 heavy (non-hydrogen) atoms. The molecule has 0 saturated carbocycles. The molecule has 0 radical (unpaired) electrons. The molecule has 0 bridgehead atoms. The fourth-order valence-corrected chi connectivity index (χ4v) is 8.98. The second-order valence-electron chi connectivity index (χ2n) is 13.9. The number of imide groups is 1. The number of hydrogen-bond acceptors (Lipinski definition) is 10. The van der Waals surface area contributed by atoms with Crippen LogP contribution in [0.15, 0.2) is 59.9 Å². The molecule has 290 valence electrons. The quantitative estimate of drug-likeness (QED) is 0.0611. The Morgan fingerprint density at radius 2 is 1.89 bits per heavy atom. The van der Waals surface area contributed by atoms with Crippen LogP contribution >= 0.6 is 35.0 Å². The number of piperidine rings is 2. The van der Waals surface area contributed by atoms with Crippen molar-refractivity contribution in [2.45, 2.75) is 68.7 Å². The number of aromatic nitrogens is 3. The van der Waals surface area contributed by atoms with Crippen LogP contribution < -0.4 is 15.8 Å². The lowest BCUT2D eigenvalue weighted by atomic mass is 10.0. The lowest BCUT2D eigenvalue weighted by Crippen LogP contribution is -2.52. The largest absolute Gasteiger partial charge is 0.482 e. The molecule has 5 heterocycles. The lowest BCUT2D eigenvalue weighted by Gasteiger charge is -2.32. The maximum atomic E-state index is 14.1. The average Bonchev–Trinajstić information content (AvgIpc) is 3.80. The zero-order chi connectivity index (χ0) is 38.6. The zero-order valence-corrected chi connectivity index (χ0v) is 32.6. The maximum Gasteiger partial charge on any atom is 0.255 e. The number of carbonyl (C=O) groups excluding carboxylic acids is 3. The summed E-state index contributed by atoms with van der Waals surface area (Å²) < 4.78 is 28.2. The highest BCUT2D eigenvalue weighted by Crippen LogP contribution is 2.38. The Hall–Kier alpha value is -4.21. The van der Waals surface area contributed by atoms with Crippen molar-refractivity contribution in [3.63, 3.8) is 0 Å². The Morgan fingerprint density at radius 3 is 2.69 bits per heavy atom. The molecule has 7 rings (SSSR count). The molecule has 0 spiro atoms. The summed E-state index contributed by atoms with van der Waals surface area (Å²) in [6, 6.07) is 9.79. The molecule has 2 aromatic heterocycles. The van der Waals surface area contributed by atoms with Gasteiger partial charge in [0.25, 0.3) is 5.91 Å². The molecular formula is C39H42Cl2FN7O5S. The number of carbonyl (C=O) groups is 3. The normalized spacial score (nSPS) is 18.4. The van der Waals surface area contributed by atoms with Crippen LogP contribution in [-0.2, 0) is 20.9 Å². The highest BCUT2D eigenvalue weighted by atomic mass is 35.5. The number of fused-ring (bicyclic) bond motifs is 1. The summed E-state index contributed by atoms with van der Waals surface area (Å²) in [5.74, 6) is -0.159. The van der Waals surface area contributed by atoms with Crippen molar-refractivity contribution in [1.82, 2.24) is 29.9 Å². The number of amides is 3. The predicted molar refractivity (Wildman–Crippen MR) is 209 cm³/mol. The van der Waals surface area contributed by atoms with E-state index in [-0.39, 0.29) is 35.1 Å². The van der Waals surface area contributed by atoms with E-state index in [1.165, 1.54) is 12.1 Å². The van der Waals surface area contributed by atoms with Gasteiger partial charge in [0.2, 0.25) is 11.8 Å². The molecule has 4 aromatic rings. The van der Waals surface area contributed by atoms with Crippen molar-refractivity contribution in [3.8, 4) is 16.9 Å². The fraction of sp³-hybridized carbons (Fsp3) is 0.410. The number of thioether (sulfide) groups is 1. The van der Waals surface area contributed by atoms with Gasteiger partial charge in [-0.15, -0.1) is 11.8 Å². The molecule has 2 fully saturated rings. The van der Waals surface area contributed by atoms with Crippen molar-refractivity contribution >= 4 is 58.5 Å². The Bertz CT molecular complexity index is 2080. The van der Waals surface area contributed by atoms with Gasteiger partial charge in [0.15, 0.2) is 11.6 Å². The third-order valence-corrected chi connectivity index (χ3v) is 12.1. The van der Waals surface area contributed by atoms with Crippen LogP contribution in [-0.4, -0.2) is 86.9 Å². The van der Waals surface area contributed by atoms with Gasteiger partial charge >= 0.3 is 0 Å². The molecule has 16 heteroatoms. The van der Waals surface area contributed by atoms with Crippen molar-refractivity contribution < 1.29 is 28.2 Å². The van der Waals surface area contributed by atoms with Crippen LogP contribution in [0.5, 0.6) is 5.75 Å². The minimum Gasteiger partial charge on any atom is -0.482 e. The summed E-state index contributed by atoms with van der Waals surface area (Å²) in [5.41, 5.74) is 9.69. The van der Waals surface area contributed by atoms with Crippen LogP contribution in [0.3, 0.4) is 0 Å². The van der Waals surface area contributed by atoms with Gasteiger partial charge in [-0.3, -0.25) is 24.4 Å². The van der Waals surface area contributed by atoms with E-state index in [0.717, 1.165) is 66.2 Å². The summed E-state index contributed by atoms with van der Waals surface area (Å²) >= 11 is 14.1. The maximum absolute atomic E-state index is 14.1. The van der Waals surface area contributed by atoms with Crippen LogP contribution in [0.4, 0.5) is 10.2 Å². The van der Waals surface area contributed by atoms with Gasteiger partial charge in [-0.1, -0.05) is 29.3 Å². The topological polar surface area (TPSA) is 145 Å². The molecule has 2 aromatic carbocycles. The smallest absolute Gasteiger partial charge is 0.255 e. The number of ether oxygens (including phenoxy) is 2. The van der Waals surface area contributed by atoms with Crippen LogP contribution in [0.1, 0.15) is 72.7 Å². The molecule has 0 aliphatic carbocycles. The van der Waals surface area contributed by atoms with Gasteiger partial charge < -0.3 is 25.0 Å². The molecular weight excluding hydrogens is 768 g/mol. The number of nitrogens with two attached hydrogens (primary N) is 1. The first kappa shape index (κ1) is 39.0. The molecule has 3 aliphatic heterocycles. The summed E-state index contributed by atoms with van der Waals surface area (Å²) in [7, 11) is 0. The standard InChI is InChI=1S/C39H42Cl2FN7O5S/c1-23(35-29(40)6-7-30(42)36(35)41)54-32-18-24(19-44-37(32)43)25-20-45-49(21-25)26-10-13-47(14-11-26)12-3-15-53-16-17-55-33-5-2-4-27-28(33)22-48(39(27)52)31-8-9-34(50)46-38(31)51/h2,4-7,18-21,23,26,31H,3,8-17,22H2,1H3,(H2,43,44)(H,46,50,51)/t23-,31?/m1/s1. The summed E-state index contributed by atoms with van der Waals surface area (Å²) in [6.45, 7) is 6.24. The summed E-state index contributed by atoms with van der Waals surface area (Å²) in [4.78, 5) is 46.5. The highest BCUT2D eigenvalue weighted by Gasteiger charge is 2.39. The van der Waals surface area contributed by atoms with E-state index in [4.69, 9.17) is 38.4 Å². The van der Waals surface area contributed by atoms with Crippen molar-refractivity contribution in [3.05, 3.63) is 87.5 Å². The first-order valence-corrected chi connectivity index (χ1v) is 20.1.